The van der Waals surface area contributed by atoms with Gasteiger partial charge in [0, 0.05) is 29.9 Å². The number of amides is 3. The van der Waals surface area contributed by atoms with Gasteiger partial charge in [0.15, 0.2) is 0 Å². The van der Waals surface area contributed by atoms with Gasteiger partial charge in [-0.15, -0.1) is 0 Å². The van der Waals surface area contributed by atoms with Gasteiger partial charge < -0.3 is 36.9 Å². The van der Waals surface area contributed by atoms with Gasteiger partial charge in [0.2, 0.25) is 17.7 Å². The van der Waals surface area contributed by atoms with Gasteiger partial charge in [-0.2, -0.15) is 11.8 Å². The van der Waals surface area contributed by atoms with Gasteiger partial charge in [0.1, 0.15) is 23.9 Å². The minimum absolute atomic E-state index is 0.0430. The number of carboxylic acids is 1. The third-order valence-electron chi connectivity index (χ3n) is 7.53. The first-order chi connectivity index (χ1) is 20.5. The van der Waals surface area contributed by atoms with E-state index in [1.54, 1.807) is 18.3 Å². The van der Waals surface area contributed by atoms with E-state index >= 15 is 0 Å². The second-order valence-corrected chi connectivity index (χ2v) is 11.6. The van der Waals surface area contributed by atoms with E-state index in [0.29, 0.717) is 17.7 Å². The van der Waals surface area contributed by atoms with Crippen LogP contribution in [-0.4, -0.2) is 75.1 Å². The fraction of sp³-hybridized carbons (Fsp3) is 0.419. The maximum Gasteiger partial charge on any atom is 0.326 e. The molecular weight excluding hydrogens is 570 g/mol. The Morgan fingerprint density at radius 3 is 2.19 bits per heavy atom. The molecule has 3 rings (SSSR count). The van der Waals surface area contributed by atoms with Crippen LogP contribution in [0.25, 0.3) is 10.9 Å². The Labute approximate surface area is 255 Å². The Balaban J connectivity index is 1.79. The van der Waals surface area contributed by atoms with Gasteiger partial charge in [-0.3, -0.25) is 14.4 Å². The number of nitrogens with one attached hydrogen (secondary N) is 4. The van der Waals surface area contributed by atoms with Gasteiger partial charge in [-0.1, -0.05) is 50.6 Å². The molecule has 0 saturated carbocycles. The Morgan fingerprint density at radius 1 is 0.907 bits per heavy atom. The average molecular weight is 612 g/mol. The molecule has 11 nitrogen and oxygen atoms in total. The first-order valence-electron chi connectivity index (χ1n) is 14.2. The van der Waals surface area contributed by atoms with E-state index in [1.807, 2.05) is 44.4 Å². The summed E-state index contributed by atoms with van der Waals surface area (Å²) in [4.78, 5) is 55.2. The van der Waals surface area contributed by atoms with E-state index in [1.165, 1.54) is 23.9 Å². The van der Waals surface area contributed by atoms with Crippen molar-refractivity contribution in [2.45, 2.75) is 63.7 Å². The molecule has 5 unspecified atom stereocenters. The first kappa shape index (κ1) is 33.5. The van der Waals surface area contributed by atoms with Crippen molar-refractivity contribution < 1.29 is 29.4 Å². The summed E-state index contributed by atoms with van der Waals surface area (Å²) >= 11 is 1.48. The summed E-state index contributed by atoms with van der Waals surface area (Å²) in [5.41, 5.74) is 8.38. The Kier molecular flexibility index (Phi) is 12.4. The van der Waals surface area contributed by atoms with Gasteiger partial charge in [0.25, 0.3) is 0 Å². The molecule has 3 amide bonds. The van der Waals surface area contributed by atoms with Crippen molar-refractivity contribution in [2.75, 3.05) is 12.0 Å². The van der Waals surface area contributed by atoms with E-state index < -0.39 is 47.9 Å². The molecule has 0 saturated heterocycles. The van der Waals surface area contributed by atoms with Crippen LogP contribution in [0.3, 0.4) is 0 Å². The largest absolute Gasteiger partial charge is 0.508 e. The minimum Gasteiger partial charge on any atom is -0.508 e. The number of phenols is 1. The summed E-state index contributed by atoms with van der Waals surface area (Å²) in [6, 6.07) is 9.51. The van der Waals surface area contributed by atoms with Crippen LogP contribution in [0.1, 0.15) is 37.8 Å². The van der Waals surface area contributed by atoms with E-state index in [9.17, 15) is 29.4 Å². The highest BCUT2D eigenvalue weighted by Gasteiger charge is 2.31. The third-order valence-corrected chi connectivity index (χ3v) is 8.17. The lowest BCUT2D eigenvalue weighted by Crippen LogP contribution is -2.58. The zero-order valence-electron chi connectivity index (χ0n) is 24.6. The molecule has 43 heavy (non-hydrogen) atoms. The lowest BCUT2D eigenvalue weighted by molar-refractivity contribution is -0.142. The summed E-state index contributed by atoms with van der Waals surface area (Å²) in [5.74, 6) is -2.49. The molecule has 0 radical (unpaired) electrons. The molecule has 232 valence electrons. The number of fused-ring (bicyclic) bond motifs is 1. The molecule has 1 heterocycles. The first-order valence-corrected chi connectivity index (χ1v) is 15.6. The summed E-state index contributed by atoms with van der Waals surface area (Å²) in [5, 5.41) is 28.5. The number of nitrogens with two attached hydrogens (primary N) is 1. The second kappa shape index (κ2) is 16.0. The van der Waals surface area contributed by atoms with Gasteiger partial charge in [-0.25, -0.2) is 4.79 Å². The Hall–Kier alpha value is -4.03. The number of aromatic amines is 1. The summed E-state index contributed by atoms with van der Waals surface area (Å²) < 4.78 is 0. The van der Waals surface area contributed by atoms with Crippen molar-refractivity contribution in [1.29, 1.82) is 0 Å². The number of carbonyl (C=O) groups excluding carboxylic acids is 3. The fourth-order valence-electron chi connectivity index (χ4n) is 4.63. The molecule has 0 aliphatic carbocycles. The molecule has 0 spiro atoms. The van der Waals surface area contributed by atoms with Gasteiger partial charge >= 0.3 is 5.97 Å². The molecule has 0 fully saturated rings. The molecule has 12 heteroatoms. The third kappa shape index (κ3) is 9.48. The number of carbonyl (C=O) groups is 4. The highest BCUT2D eigenvalue weighted by Crippen LogP contribution is 2.19. The highest BCUT2D eigenvalue weighted by atomic mass is 32.2. The SMILES string of the molecule is CCC(C)C(N)C(=O)NC(Cc1ccc(O)cc1)C(=O)NC(CCSC)C(=O)NC(Cc1c[nH]c2ccccc12)C(=O)O. The number of hydrogen-bond acceptors (Lipinski definition) is 7. The molecule has 0 aliphatic rings. The van der Waals surface area contributed by atoms with Crippen LogP contribution in [-0.2, 0) is 32.0 Å². The number of carboxylic acid groups (broad SMARTS) is 1. The standard InChI is InChI=1S/C31H41N5O6S/c1-4-18(2)27(32)30(40)35-25(15-19-9-11-21(37)12-10-19)29(39)34-24(13-14-43-3)28(38)36-26(31(41)42)16-20-17-33-23-8-6-5-7-22(20)23/h5-12,17-18,24-27,33,37H,4,13-16,32H2,1-3H3,(H,34,39)(H,35,40)(H,36,38)(H,41,42). The molecule has 2 aromatic carbocycles. The number of thioether (sulfide) groups is 1. The lowest BCUT2D eigenvalue weighted by Gasteiger charge is -2.26. The summed E-state index contributed by atoms with van der Waals surface area (Å²) in [6.07, 6.45) is 4.62. The number of rotatable bonds is 16. The topological polar surface area (TPSA) is 187 Å². The van der Waals surface area contributed by atoms with Crippen LogP contribution < -0.4 is 21.7 Å². The molecule has 3 aromatic rings. The van der Waals surface area contributed by atoms with Crippen molar-refractivity contribution in [3.8, 4) is 5.75 Å². The van der Waals surface area contributed by atoms with E-state index in [4.69, 9.17) is 5.73 Å². The summed E-state index contributed by atoms with van der Waals surface area (Å²) in [7, 11) is 0. The van der Waals surface area contributed by atoms with Crippen LogP contribution in [0.4, 0.5) is 0 Å². The van der Waals surface area contributed by atoms with Gasteiger partial charge in [-0.05, 0) is 53.7 Å². The highest BCUT2D eigenvalue weighted by molar-refractivity contribution is 7.98. The quantitative estimate of drug-likeness (QED) is 0.129. The normalized spacial score (nSPS) is 14.7. The predicted molar refractivity (Wildman–Crippen MR) is 168 cm³/mol. The van der Waals surface area contributed by atoms with Crippen molar-refractivity contribution in [3.05, 3.63) is 65.9 Å². The number of aromatic hydroxyl groups is 1. The monoisotopic (exact) mass is 611 g/mol. The van der Waals surface area contributed by atoms with Crippen LogP contribution in [0.5, 0.6) is 5.75 Å². The maximum absolute atomic E-state index is 13.6. The number of aromatic nitrogens is 1. The lowest BCUT2D eigenvalue weighted by atomic mass is 9.98. The second-order valence-electron chi connectivity index (χ2n) is 10.6. The smallest absolute Gasteiger partial charge is 0.326 e. The van der Waals surface area contributed by atoms with E-state index in [-0.39, 0.29) is 30.9 Å². The average Bonchev–Trinajstić information content (AvgIpc) is 3.41. The molecule has 8 N–H and O–H groups in total. The molecule has 5 atom stereocenters. The molecule has 0 aliphatic heterocycles. The Morgan fingerprint density at radius 2 is 1.53 bits per heavy atom. The van der Waals surface area contributed by atoms with Crippen LogP contribution in [0.2, 0.25) is 0 Å². The van der Waals surface area contributed by atoms with Crippen LogP contribution in [0, 0.1) is 5.92 Å². The van der Waals surface area contributed by atoms with Crippen LogP contribution >= 0.6 is 11.8 Å². The van der Waals surface area contributed by atoms with E-state index in [0.717, 1.165) is 16.5 Å². The van der Waals surface area contributed by atoms with Crippen molar-refractivity contribution >= 4 is 46.4 Å². The number of hydrogen-bond donors (Lipinski definition) is 7. The number of aliphatic carboxylic acids is 1. The van der Waals surface area contributed by atoms with E-state index in [2.05, 4.69) is 20.9 Å². The zero-order chi connectivity index (χ0) is 31.5. The maximum atomic E-state index is 13.6. The van der Waals surface area contributed by atoms with Gasteiger partial charge in [0.05, 0.1) is 6.04 Å². The molecule has 1 aromatic heterocycles. The van der Waals surface area contributed by atoms with Crippen molar-refractivity contribution in [2.24, 2.45) is 11.7 Å². The predicted octanol–water partition coefficient (Wildman–Crippen LogP) is 2.32. The van der Waals surface area contributed by atoms with Crippen molar-refractivity contribution in [3.63, 3.8) is 0 Å². The number of phenolic OH excluding ortho intramolecular Hbond substituents is 1. The van der Waals surface area contributed by atoms with Crippen molar-refractivity contribution in [1.82, 2.24) is 20.9 Å². The molecule has 0 bridgehead atoms. The Bertz CT molecular complexity index is 1390. The van der Waals surface area contributed by atoms with Crippen LogP contribution in [0.15, 0.2) is 54.7 Å². The number of para-hydroxylation sites is 1. The minimum atomic E-state index is -1.23. The summed E-state index contributed by atoms with van der Waals surface area (Å²) in [6.45, 7) is 3.76. The number of benzene rings is 2. The zero-order valence-corrected chi connectivity index (χ0v) is 25.4. The molecular formula is C31H41N5O6S. The fourth-order valence-corrected chi connectivity index (χ4v) is 5.10. The number of H-pyrrole nitrogens is 1.